The second-order valence-corrected chi connectivity index (χ2v) is 21.2. The first-order valence-corrected chi connectivity index (χ1v) is 21.4. The molecule has 4 rings (SSSR count). The highest BCUT2D eigenvalue weighted by Crippen LogP contribution is 2.44. The number of nitrogens with one attached hydrogen (secondary N) is 3. The molecule has 0 radical (unpaired) electrons. The molecule has 3 saturated heterocycles. The lowest BCUT2D eigenvalue weighted by atomic mass is 9.73. The molecule has 0 atom stereocenters. The van der Waals surface area contributed by atoms with Crippen LogP contribution in [0.2, 0.25) is 0 Å². The van der Waals surface area contributed by atoms with E-state index in [4.69, 9.17) is 15.0 Å². The molecular weight excluding hydrogens is 679 g/mol. The highest BCUT2D eigenvalue weighted by Gasteiger charge is 2.46. The number of nitrogens with zero attached hydrogens (tertiary/aromatic N) is 6. The van der Waals surface area contributed by atoms with Crippen molar-refractivity contribution in [2.45, 2.75) is 213 Å². The molecule has 1 aromatic rings. The number of hydroxylamine groups is 6. The molecule has 0 amide bonds. The third kappa shape index (κ3) is 12.1. The van der Waals surface area contributed by atoms with E-state index in [0.717, 1.165) is 116 Å². The van der Waals surface area contributed by atoms with Gasteiger partial charge in [-0.1, -0.05) is 38.5 Å². The van der Waals surface area contributed by atoms with Gasteiger partial charge in [0.05, 0.1) is 0 Å². The Labute approximate surface area is 328 Å². The van der Waals surface area contributed by atoms with E-state index in [2.05, 4.69) is 99.0 Å². The van der Waals surface area contributed by atoms with Crippen LogP contribution in [0.1, 0.15) is 179 Å². The minimum atomic E-state index is -0.209. The van der Waals surface area contributed by atoms with Crippen molar-refractivity contribution < 1.29 is 15.6 Å². The van der Waals surface area contributed by atoms with Crippen LogP contribution < -0.4 is 16.0 Å². The average Bonchev–Trinajstić information content (AvgIpc) is 3.04. The summed E-state index contributed by atoms with van der Waals surface area (Å²) in [5.41, 5.74) is -1.25. The van der Waals surface area contributed by atoms with Crippen molar-refractivity contribution in [1.82, 2.24) is 30.1 Å². The van der Waals surface area contributed by atoms with Crippen molar-refractivity contribution in [3.05, 3.63) is 0 Å². The topological polar surface area (TPSA) is 145 Å². The molecule has 12 nitrogen and oxygen atoms in total. The predicted molar refractivity (Wildman–Crippen MR) is 220 cm³/mol. The van der Waals surface area contributed by atoms with Gasteiger partial charge in [0.2, 0.25) is 17.8 Å². The Kier molecular flexibility index (Phi) is 14.8. The van der Waals surface area contributed by atoms with Crippen LogP contribution >= 0.6 is 0 Å². The number of anilines is 3. The van der Waals surface area contributed by atoms with E-state index in [1.54, 1.807) is 15.2 Å². The zero-order valence-corrected chi connectivity index (χ0v) is 36.5. The van der Waals surface area contributed by atoms with Crippen LogP contribution in [0.15, 0.2) is 0 Å². The maximum absolute atomic E-state index is 10.7. The quantitative estimate of drug-likeness (QED) is 0.0793. The van der Waals surface area contributed by atoms with E-state index in [-0.39, 0.29) is 33.2 Å². The van der Waals surface area contributed by atoms with Crippen LogP contribution in [-0.2, 0) is 0 Å². The first kappa shape index (κ1) is 44.9. The van der Waals surface area contributed by atoms with E-state index in [1.807, 2.05) is 0 Å². The van der Waals surface area contributed by atoms with Gasteiger partial charge in [-0.15, -0.1) is 0 Å². The molecule has 3 aliphatic heterocycles. The molecule has 0 saturated carbocycles. The summed E-state index contributed by atoms with van der Waals surface area (Å²) in [6.07, 6.45) is 16.0. The second-order valence-electron chi connectivity index (χ2n) is 21.2. The van der Waals surface area contributed by atoms with Gasteiger partial charge in [0.1, 0.15) is 0 Å². The third-order valence-electron chi connectivity index (χ3n) is 12.8. The Morgan fingerprint density at radius 3 is 0.815 bits per heavy atom. The van der Waals surface area contributed by atoms with Crippen molar-refractivity contribution in [1.29, 1.82) is 0 Å². The second kappa shape index (κ2) is 17.8. The molecule has 0 spiro atoms. The van der Waals surface area contributed by atoms with E-state index < -0.39 is 0 Å². The lowest BCUT2D eigenvalue weighted by molar-refractivity contribution is -0.251. The molecule has 0 bridgehead atoms. The Morgan fingerprint density at radius 2 is 0.611 bits per heavy atom. The Hall–Kier alpha value is -1.83. The van der Waals surface area contributed by atoms with Crippen LogP contribution in [0.3, 0.4) is 0 Å². The highest BCUT2D eigenvalue weighted by atomic mass is 16.5. The normalized spacial score (nSPS) is 24.7. The summed E-state index contributed by atoms with van der Waals surface area (Å²) in [5, 5.41) is 47.3. The van der Waals surface area contributed by atoms with Crippen LogP contribution in [0.25, 0.3) is 0 Å². The van der Waals surface area contributed by atoms with Crippen molar-refractivity contribution in [2.75, 3.05) is 35.6 Å². The summed E-state index contributed by atoms with van der Waals surface area (Å²) < 4.78 is 0. The van der Waals surface area contributed by atoms with E-state index >= 15 is 0 Å². The van der Waals surface area contributed by atoms with Crippen LogP contribution in [0.5, 0.6) is 0 Å². The van der Waals surface area contributed by atoms with Crippen molar-refractivity contribution >= 4 is 17.8 Å². The molecule has 1 aromatic heterocycles. The zero-order valence-electron chi connectivity index (χ0n) is 36.5. The van der Waals surface area contributed by atoms with Gasteiger partial charge in [-0.05, 0) is 159 Å². The molecule has 12 heteroatoms. The maximum atomic E-state index is 10.7. The number of piperidine rings is 3. The Morgan fingerprint density at radius 1 is 0.407 bits per heavy atom. The number of aromatic nitrogens is 3. The van der Waals surface area contributed by atoms with Crippen LogP contribution in [0.4, 0.5) is 17.8 Å². The van der Waals surface area contributed by atoms with E-state index in [1.165, 1.54) is 0 Å². The molecule has 3 fully saturated rings. The minimum absolute atomic E-state index is 0.209. The van der Waals surface area contributed by atoms with E-state index in [9.17, 15) is 15.6 Å². The zero-order chi connectivity index (χ0) is 40.2. The number of rotatable bonds is 18. The molecule has 0 aliphatic carbocycles. The molecule has 312 valence electrons. The molecule has 6 N–H and O–H groups in total. The third-order valence-corrected chi connectivity index (χ3v) is 12.8. The fraction of sp³-hybridized carbons (Fsp3) is 0.929. The average molecular weight is 760 g/mol. The fourth-order valence-corrected chi connectivity index (χ4v) is 10.9. The predicted octanol–water partition coefficient (Wildman–Crippen LogP) is 9.59. The van der Waals surface area contributed by atoms with E-state index in [0.29, 0.717) is 35.6 Å². The summed E-state index contributed by atoms with van der Waals surface area (Å²) in [5.74, 6) is 3.61. The maximum Gasteiger partial charge on any atom is 0.229 e. The van der Waals surface area contributed by atoms with Gasteiger partial charge in [0.15, 0.2) is 0 Å². The van der Waals surface area contributed by atoms with Gasteiger partial charge in [0, 0.05) is 52.9 Å². The largest absolute Gasteiger partial charge is 0.354 e. The first-order chi connectivity index (χ1) is 24.9. The first-order valence-electron chi connectivity index (χ1n) is 21.4. The van der Waals surface area contributed by atoms with Gasteiger partial charge in [-0.2, -0.15) is 30.1 Å². The van der Waals surface area contributed by atoms with Crippen LogP contribution in [0, 0.1) is 17.8 Å². The summed E-state index contributed by atoms with van der Waals surface area (Å²) in [4.78, 5) is 14.3. The summed E-state index contributed by atoms with van der Waals surface area (Å²) in [6.45, 7) is 28.1. The number of hydrogen-bond donors (Lipinski definition) is 6. The molecular formula is C42H81N9O3. The van der Waals surface area contributed by atoms with Gasteiger partial charge < -0.3 is 31.6 Å². The monoisotopic (exact) mass is 760 g/mol. The summed E-state index contributed by atoms with van der Waals surface area (Å²) >= 11 is 0. The smallest absolute Gasteiger partial charge is 0.229 e. The molecule has 4 heterocycles. The van der Waals surface area contributed by atoms with Gasteiger partial charge >= 0.3 is 0 Å². The minimum Gasteiger partial charge on any atom is -0.354 e. The molecule has 3 aliphatic rings. The summed E-state index contributed by atoms with van der Waals surface area (Å²) in [6, 6.07) is 0. The Bertz CT molecular complexity index is 1110. The summed E-state index contributed by atoms with van der Waals surface area (Å²) in [7, 11) is 0. The van der Waals surface area contributed by atoms with Gasteiger partial charge in [-0.25, -0.2) is 0 Å². The van der Waals surface area contributed by atoms with Crippen molar-refractivity contribution in [3.8, 4) is 0 Å². The highest BCUT2D eigenvalue weighted by molar-refractivity contribution is 5.42. The van der Waals surface area contributed by atoms with Crippen LogP contribution in [-0.4, -0.2) is 98.6 Å². The van der Waals surface area contributed by atoms with Crippen molar-refractivity contribution in [2.24, 2.45) is 17.8 Å². The molecule has 54 heavy (non-hydrogen) atoms. The fourth-order valence-electron chi connectivity index (χ4n) is 10.9. The molecule has 0 aromatic carbocycles. The lowest BCUT2D eigenvalue weighted by Crippen LogP contribution is -2.58. The Balaban J connectivity index is 1.27. The van der Waals surface area contributed by atoms with Gasteiger partial charge in [0.25, 0.3) is 0 Å². The SMILES string of the molecule is CC1(C)CC(CCCCNc2nc(NCCCCC3CC(C)(C)N(O)C(C)(C)C3)nc(NCCCCC3CC(C)(C)N(O)C(C)(C)C3)n2)CC(C)(C)N1O. The lowest BCUT2D eigenvalue weighted by Gasteiger charge is -2.51. The molecule has 0 unspecified atom stereocenters. The van der Waals surface area contributed by atoms with Crippen molar-refractivity contribution in [3.63, 3.8) is 0 Å². The van der Waals surface area contributed by atoms with Gasteiger partial charge in [-0.3, -0.25) is 0 Å². The standard InChI is InChI=1S/C42H81N9O3/c1-37(2)25-31(26-38(3,4)49(37)52)19-13-16-22-43-34-46-35(44-23-17-14-20-32-27-39(5,6)50(53)40(7,8)28-32)48-36(47-34)45-24-18-15-21-33-29-41(9,10)51(54)42(11,12)30-33/h31-33,52-54H,13-30H2,1-12H3,(H3,43,44,45,46,47,48). The number of unbranched alkanes of at least 4 members (excludes halogenated alkanes) is 3. The number of hydrogen-bond acceptors (Lipinski definition) is 12.